The van der Waals surface area contributed by atoms with Gasteiger partial charge in [-0.1, -0.05) is 32.9 Å². The van der Waals surface area contributed by atoms with Crippen LogP contribution in [0.15, 0.2) is 49.6 Å². The molecule has 1 atom stereocenters. The number of carbonyl (C=O) groups is 2. The lowest BCUT2D eigenvalue weighted by Crippen LogP contribution is -2.33. The highest BCUT2D eigenvalue weighted by Crippen LogP contribution is 2.44. The van der Waals surface area contributed by atoms with Gasteiger partial charge in [-0.05, 0) is 60.4 Å². The van der Waals surface area contributed by atoms with E-state index < -0.39 is 5.82 Å². The van der Waals surface area contributed by atoms with Crippen molar-refractivity contribution in [3.8, 4) is 0 Å². The lowest BCUT2D eigenvalue weighted by molar-refractivity contribution is 0.0790. The van der Waals surface area contributed by atoms with E-state index in [1.165, 1.54) is 35.6 Å². The molecule has 2 aromatic rings. The fraction of sp³-hybridized carbons (Fsp3) is 0.385. The molecule has 0 saturated carbocycles. The number of hydrogen-bond acceptors (Lipinski definition) is 3. The van der Waals surface area contributed by atoms with Crippen molar-refractivity contribution in [2.45, 2.75) is 40.0 Å². The molecule has 4 nitrogen and oxygen atoms in total. The van der Waals surface area contributed by atoms with Crippen LogP contribution in [0.1, 0.15) is 58.3 Å². The van der Waals surface area contributed by atoms with Crippen LogP contribution in [0.25, 0.3) is 0 Å². The molecule has 2 amide bonds. The molecule has 0 aliphatic heterocycles. The van der Waals surface area contributed by atoms with Gasteiger partial charge in [-0.3, -0.25) is 9.59 Å². The topological polar surface area (TPSA) is 49.4 Å². The Morgan fingerprint density at radius 3 is 2.38 bits per heavy atom. The number of rotatable bonds is 7. The largest absolute Gasteiger partial charge is 0.331 e. The number of anilines is 1. The quantitative estimate of drug-likeness (QED) is 0.514. The van der Waals surface area contributed by atoms with E-state index in [0.29, 0.717) is 35.1 Å². The Hall–Kier alpha value is -2.73. The van der Waals surface area contributed by atoms with Crippen LogP contribution < -0.4 is 5.32 Å². The van der Waals surface area contributed by atoms with E-state index in [0.717, 1.165) is 29.7 Å². The molecule has 170 valence electrons. The van der Waals surface area contributed by atoms with Gasteiger partial charge in [0.05, 0.1) is 5.56 Å². The van der Waals surface area contributed by atoms with Crippen molar-refractivity contribution in [1.29, 1.82) is 0 Å². The van der Waals surface area contributed by atoms with Crippen LogP contribution in [-0.4, -0.2) is 29.8 Å². The summed E-state index contributed by atoms with van der Waals surface area (Å²) in [5.74, 6) is -0.383. The third kappa shape index (κ3) is 5.18. The minimum atomic E-state index is -0.401. The molecule has 1 aromatic heterocycles. The summed E-state index contributed by atoms with van der Waals surface area (Å²) in [6.07, 6.45) is 6.07. The summed E-state index contributed by atoms with van der Waals surface area (Å²) in [6.45, 7) is 15.1. The van der Waals surface area contributed by atoms with Gasteiger partial charge in [0.15, 0.2) is 0 Å². The molecule has 0 fully saturated rings. The third-order valence-electron chi connectivity index (χ3n) is 6.02. The molecular formula is C26H31FN2O2S. The van der Waals surface area contributed by atoms with Crippen LogP contribution >= 0.6 is 11.3 Å². The first-order chi connectivity index (χ1) is 15.2. The van der Waals surface area contributed by atoms with Crippen LogP contribution in [0, 0.1) is 17.2 Å². The SMILES string of the molecule is C=CCN(CC=C)C(=O)c1c(NC(=O)c2ccc(F)cc2)sc2c1CCC(C(C)(C)C)C2. The van der Waals surface area contributed by atoms with Gasteiger partial charge in [-0.2, -0.15) is 0 Å². The van der Waals surface area contributed by atoms with Crippen molar-refractivity contribution >= 4 is 28.2 Å². The highest BCUT2D eigenvalue weighted by molar-refractivity contribution is 7.17. The molecule has 0 radical (unpaired) electrons. The molecule has 0 bridgehead atoms. The van der Waals surface area contributed by atoms with E-state index >= 15 is 0 Å². The summed E-state index contributed by atoms with van der Waals surface area (Å²) in [5.41, 5.74) is 2.11. The van der Waals surface area contributed by atoms with E-state index in [-0.39, 0.29) is 17.2 Å². The summed E-state index contributed by atoms with van der Waals surface area (Å²) in [6, 6.07) is 5.39. The van der Waals surface area contributed by atoms with Crippen LogP contribution in [0.5, 0.6) is 0 Å². The molecular weight excluding hydrogens is 423 g/mol. The zero-order valence-electron chi connectivity index (χ0n) is 19.0. The molecule has 1 aliphatic rings. The van der Waals surface area contributed by atoms with E-state index in [4.69, 9.17) is 0 Å². The number of amides is 2. The van der Waals surface area contributed by atoms with Crippen molar-refractivity contribution in [3.05, 3.63) is 77.0 Å². The van der Waals surface area contributed by atoms with Gasteiger partial charge in [-0.15, -0.1) is 24.5 Å². The molecule has 32 heavy (non-hydrogen) atoms. The Kier molecular flexibility index (Phi) is 7.34. The second-order valence-corrected chi connectivity index (χ2v) is 10.4. The summed E-state index contributed by atoms with van der Waals surface area (Å²) in [4.78, 5) is 29.3. The monoisotopic (exact) mass is 454 g/mol. The Morgan fingerprint density at radius 1 is 1.19 bits per heavy atom. The molecule has 6 heteroatoms. The van der Waals surface area contributed by atoms with Gasteiger partial charge in [0.2, 0.25) is 0 Å². The van der Waals surface area contributed by atoms with Crippen molar-refractivity contribution in [1.82, 2.24) is 4.90 Å². The Bertz CT molecular complexity index is 1010. The van der Waals surface area contributed by atoms with Crippen LogP contribution in [0.3, 0.4) is 0 Å². The first-order valence-corrected chi connectivity index (χ1v) is 11.7. The van der Waals surface area contributed by atoms with Gasteiger partial charge in [-0.25, -0.2) is 4.39 Å². The minimum absolute atomic E-state index is 0.133. The number of nitrogens with one attached hydrogen (secondary N) is 1. The molecule has 1 aliphatic carbocycles. The van der Waals surface area contributed by atoms with Crippen LogP contribution in [0.4, 0.5) is 9.39 Å². The van der Waals surface area contributed by atoms with Crippen LogP contribution in [0.2, 0.25) is 0 Å². The molecule has 0 spiro atoms. The van der Waals surface area contributed by atoms with Gasteiger partial charge in [0.25, 0.3) is 11.8 Å². The lowest BCUT2D eigenvalue weighted by Gasteiger charge is -2.34. The number of thiophene rings is 1. The normalized spacial score (nSPS) is 15.6. The summed E-state index contributed by atoms with van der Waals surface area (Å²) < 4.78 is 13.3. The molecule has 1 heterocycles. The number of halogens is 1. The summed E-state index contributed by atoms with van der Waals surface area (Å²) >= 11 is 1.48. The Morgan fingerprint density at radius 2 is 1.81 bits per heavy atom. The highest BCUT2D eigenvalue weighted by Gasteiger charge is 2.35. The summed E-state index contributed by atoms with van der Waals surface area (Å²) in [5, 5.41) is 3.49. The number of nitrogens with zero attached hydrogens (tertiary/aromatic N) is 1. The molecule has 3 rings (SSSR count). The number of benzene rings is 1. The zero-order valence-corrected chi connectivity index (χ0v) is 19.9. The standard InChI is InChI=1S/C26H31FN2O2S/c1-6-14-29(15-7-2)25(31)22-20-13-10-18(26(3,4)5)16-21(20)32-24(22)28-23(30)17-8-11-19(27)12-9-17/h6-9,11-12,18H,1-2,10,13-16H2,3-5H3,(H,28,30). The molecule has 1 unspecified atom stereocenters. The van der Waals surface area contributed by atoms with E-state index in [2.05, 4.69) is 39.2 Å². The number of fused-ring (bicyclic) bond motifs is 1. The Balaban J connectivity index is 2.01. The maximum absolute atomic E-state index is 13.6. The Labute approximate surface area is 193 Å². The van der Waals surface area contributed by atoms with Crippen molar-refractivity contribution < 1.29 is 14.0 Å². The summed E-state index contributed by atoms with van der Waals surface area (Å²) in [7, 11) is 0. The van der Waals surface area contributed by atoms with Crippen molar-refractivity contribution in [3.63, 3.8) is 0 Å². The van der Waals surface area contributed by atoms with E-state index in [1.54, 1.807) is 17.1 Å². The lowest BCUT2D eigenvalue weighted by atomic mass is 9.72. The number of hydrogen-bond donors (Lipinski definition) is 1. The predicted octanol–water partition coefficient (Wildman–Crippen LogP) is 6.10. The second kappa shape index (κ2) is 9.82. The van der Waals surface area contributed by atoms with Gasteiger partial charge < -0.3 is 10.2 Å². The predicted molar refractivity (Wildman–Crippen MR) is 130 cm³/mol. The minimum Gasteiger partial charge on any atom is -0.331 e. The van der Waals surface area contributed by atoms with Gasteiger partial charge >= 0.3 is 0 Å². The highest BCUT2D eigenvalue weighted by atomic mass is 32.1. The molecule has 1 aromatic carbocycles. The first-order valence-electron chi connectivity index (χ1n) is 10.9. The maximum atomic E-state index is 13.6. The maximum Gasteiger partial charge on any atom is 0.257 e. The fourth-order valence-electron chi connectivity index (χ4n) is 4.13. The molecule has 1 N–H and O–H groups in total. The van der Waals surface area contributed by atoms with Crippen LogP contribution in [-0.2, 0) is 12.8 Å². The average Bonchev–Trinajstić information content (AvgIpc) is 3.09. The third-order valence-corrected chi connectivity index (χ3v) is 7.19. The van der Waals surface area contributed by atoms with Crippen molar-refractivity contribution in [2.75, 3.05) is 18.4 Å². The van der Waals surface area contributed by atoms with E-state index in [9.17, 15) is 14.0 Å². The molecule has 0 saturated heterocycles. The fourth-order valence-corrected chi connectivity index (χ4v) is 5.44. The first kappa shape index (κ1) is 23.9. The van der Waals surface area contributed by atoms with Crippen molar-refractivity contribution in [2.24, 2.45) is 11.3 Å². The zero-order chi connectivity index (χ0) is 23.5. The van der Waals surface area contributed by atoms with Gasteiger partial charge in [0.1, 0.15) is 10.8 Å². The van der Waals surface area contributed by atoms with E-state index in [1.807, 2.05) is 0 Å². The van der Waals surface area contributed by atoms with Gasteiger partial charge in [0, 0.05) is 23.5 Å². The smallest absolute Gasteiger partial charge is 0.257 e. The second-order valence-electron chi connectivity index (χ2n) is 9.26. The number of carbonyl (C=O) groups excluding carboxylic acids is 2. The average molecular weight is 455 g/mol.